The van der Waals surface area contributed by atoms with Crippen LogP contribution in [0.2, 0.25) is 0 Å². The molecular formula is C86H134N22O17. The van der Waals surface area contributed by atoms with Crippen LogP contribution in [0.1, 0.15) is 217 Å². The summed E-state index contributed by atoms with van der Waals surface area (Å²) < 4.78 is 0. The summed E-state index contributed by atoms with van der Waals surface area (Å²) in [5, 5.41) is 54.9. The molecule has 39 heteroatoms. The Hall–Kier alpha value is -11.4. The van der Waals surface area contributed by atoms with Gasteiger partial charge in [-0.2, -0.15) is 0 Å². The van der Waals surface area contributed by atoms with Gasteiger partial charge < -0.3 is 118 Å². The monoisotopic (exact) mass is 1750 g/mol. The number of para-hydroxylation sites is 1. The first-order valence-electron chi connectivity index (χ1n) is 44.1. The number of aromatic amines is 2. The van der Waals surface area contributed by atoms with Crippen molar-refractivity contribution in [2.75, 3.05) is 39.3 Å². The zero-order valence-electron chi connectivity index (χ0n) is 72.3. The second kappa shape index (κ2) is 55.7. The van der Waals surface area contributed by atoms with E-state index >= 15 is 19.2 Å². The molecule has 6 rings (SSSR count). The van der Waals surface area contributed by atoms with Gasteiger partial charge in [0.25, 0.3) is 0 Å². The Morgan fingerprint density at radius 2 is 1.20 bits per heavy atom. The van der Waals surface area contributed by atoms with Gasteiger partial charge in [0, 0.05) is 87.0 Å². The minimum atomic E-state index is -1.71. The number of nitrogens with zero attached hydrogens (tertiary/aromatic N) is 3. The number of aromatic nitrogens is 3. The van der Waals surface area contributed by atoms with Gasteiger partial charge in [0.2, 0.25) is 82.7 Å². The highest BCUT2D eigenvalue weighted by Gasteiger charge is 2.44. The van der Waals surface area contributed by atoms with Crippen molar-refractivity contribution in [1.82, 2.24) is 83.7 Å². The molecule has 26 N–H and O–H groups in total. The van der Waals surface area contributed by atoms with Crippen molar-refractivity contribution in [3.63, 3.8) is 0 Å². The molecule has 2 aromatic carbocycles. The lowest BCUT2D eigenvalue weighted by molar-refractivity contribution is -0.143. The van der Waals surface area contributed by atoms with Gasteiger partial charge in [-0.1, -0.05) is 152 Å². The van der Waals surface area contributed by atoms with Crippen LogP contribution in [0.15, 0.2) is 78.3 Å². The van der Waals surface area contributed by atoms with E-state index in [9.17, 15) is 63.0 Å². The summed E-state index contributed by atoms with van der Waals surface area (Å²) in [6.45, 7) is 3.87. The zero-order chi connectivity index (χ0) is 91.2. The number of unbranched alkanes of at least 4 members (excludes halogenated alkanes) is 13. The van der Waals surface area contributed by atoms with E-state index in [0.717, 1.165) is 41.5 Å². The molecule has 2 aliphatic heterocycles. The Balaban J connectivity index is 1.21. The third-order valence-electron chi connectivity index (χ3n) is 22.0. The van der Waals surface area contributed by atoms with Crippen molar-refractivity contribution in [3.8, 4) is 0 Å². The van der Waals surface area contributed by atoms with Gasteiger partial charge in [-0.15, -0.1) is 0 Å². The molecule has 0 aliphatic carbocycles. The number of H-pyrrole nitrogens is 2. The van der Waals surface area contributed by atoms with Crippen LogP contribution in [-0.2, 0) is 91.2 Å². The number of carbonyl (C=O) groups is 15. The smallest absolute Gasteiger partial charge is 0.245 e. The number of rotatable bonds is 47. The number of Topliss-reactive ketones (excluding diaryl/α,β-unsaturated/α-hetero) is 1. The minimum Gasteiger partial charge on any atom is -0.391 e. The maximum Gasteiger partial charge on any atom is 0.245 e. The molecule has 690 valence electrons. The summed E-state index contributed by atoms with van der Waals surface area (Å²) in [5.74, 6) is -13.2. The van der Waals surface area contributed by atoms with Gasteiger partial charge in [-0.3, -0.25) is 76.9 Å². The van der Waals surface area contributed by atoms with E-state index in [1.807, 2.05) is 18.2 Å². The van der Waals surface area contributed by atoms with Crippen molar-refractivity contribution >= 4 is 105 Å². The normalized spacial score (nSPS) is 19.9. The number of nitrogens with one attached hydrogen (secondary N) is 14. The molecule has 39 nitrogen and oxygen atoms in total. The fraction of sp³-hybridized carbons (Fsp3) is 0.616. The molecule has 0 radical (unpaired) electrons. The number of benzene rings is 2. The second-order valence-electron chi connectivity index (χ2n) is 32.4. The Morgan fingerprint density at radius 1 is 0.608 bits per heavy atom. The van der Waals surface area contributed by atoms with Crippen LogP contribution in [0.5, 0.6) is 0 Å². The van der Waals surface area contributed by atoms with E-state index in [0.29, 0.717) is 30.4 Å². The molecule has 0 bridgehead atoms. The predicted octanol–water partition coefficient (Wildman–Crippen LogP) is -0.827. The maximum absolute atomic E-state index is 15.4. The number of amides is 14. The maximum atomic E-state index is 15.4. The average Bonchev–Trinajstić information content (AvgIpc) is 1.68. The fourth-order valence-corrected chi connectivity index (χ4v) is 15.0. The van der Waals surface area contributed by atoms with E-state index in [-0.39, 0.29) is 121 Å². The molecule has 2 aromatic heterocycles. The third-order valence-corrected chi connectivity index (χ3v) is 22.0. The Kier molecular flexibility index (Phi) is 45.6. The SMILES string of the molecule is CCCCCCCCCCCCCCCC(=O)NCC(=O)N[C@H](C(=O)N[C@@H](CCC(N)=O)C(=O)N[C@@H](Cc1cnc[nH]1)C(=O)N[C@@H](CCN)C(=O)N[C@@H](CCCC)C(=O)N[C@H]1CCC(=O)CNCCCC[C@@H](C(N)=O)NC(=O)[C@H](Cc2c[nH]c3ccccc23)NC(=O)[C@H](CCCN=C(N)N)NC(=O)[C@@H](Cc2ccccc2)NC(=O)[C@@H]2C[C@@H](O)CN2C1=O)[C@@H](C)O. The summed E-state index contributed by atoms with van der Waals surface area (Å²) in [6.07, 6.45) is 14.4. The number of imidazole rings is 1. The fourth-order valence-electron chi connectivity index (χ4n) is 15.0. The van der Waals surface area contributed by atoms with Crippen molar-refractivity contribution in [1.29, 1.82) is 0 Å². The largest absolute Gasteiger partial charge is 0.391 e. The zero-order valence-corrected chi connectivity index (χ0v) is 72.3. The van der Waals surface area contributed by atoms with Crippen molar-refractivity contribution in [2.24, 2.45) is 33.7 Å². The van der Waals surface area contributed by atoms with Gasteiger partial charge in [0.15, 0.2) is 5.96 Å². The highest BCUT2D eigenvalue weighted by molar-refractivity contribution is 6.01. The summed E-state index contributed by atoms with van der Waals surface area (Å²) >= 11 is 0. The van der Waals surface area contributed by atoms with Crippen LogP contribution in [0.4, 0.5) is 0 Å². The first-order chi connectivity index (χ1) is 60.0. The molecule has 14 amide bonds. The first-order valence-corrected chi connectivity index (χ1v) is 44.1. The average molecular weight is 1750 g/mol. The van der Waals surface area contributed by atoms with E-state index in [1.165, 1.54) is 70.8 Å². The van der Waals surface area contributed by atoms with E-state index in [2.05, 4.69) is 90.7 Å². The molecule has 13 atom stereocenters. The summed E-state index contributed by atoms with van der Waals surface area (Å²) in [7, 11) is 0. The van der Waals surface area contributed by atoms with Crippen molar-refractivity contribution in [3.05, 3.63) is 90.1 Å². The van der Waals surface area contributed by atoms with Gasteiger partial charge in [0.1, 0.15) is 72.2 Å². The molecule has 125 heavy (non-hydrogen) atoms. The molecule has 0 saturated carbocycles. The summed E-state index contributed by atoms with van der Waals surface area (Å²) in [4.78, 5) is 228. The Labute approximate surface area is 729 Å². The Bertz CT molecular complexity index is 4160. The first kappa shape index (κ1) is 102. The van der Waals surface area contributed by atoms with E-state index in [4.69, 9.17) is 28.7 Å². The predicted molar refractivity (Wildman–Crippen MR) is 467 cm³/mol. The number of nitrogens with two attached hydrogens (primary N) is 5. The van der Waals surface area contributed by atoms with Gasteiger partial charge in [-0.05, 0) is 101 Å². The van der Waals surface area contributed by atoms with Crippen LogP contribution in [0, 0.1) is 0 Å². The lowest BCUT2D eigenvalue weighted by atomic mass is 10.0. The van der Waals surface area contributed by atoms with E-state index < -0.39 is 200 Å². The molecule has 4 aromatic rings. The molecule has 0 spiro atoms. The molecular weight excluding hydrogens is 1610 g/mol. The van der Waals surface area contributed by atoms with Crippen molar-refractivity contribution in [2.45, 2.75) is 298 Å². The number of ketones is 1. The number of guanidine groups is 1. The van der Waals surface area contributed by atoms with Crippen LogP contribution in [0.3, 0.4) is 0 Å². The van der Waals surface area contributed by atoms with Gasteiger partial charge >= 0.3 is 0 Å². The molecule has 2 fully saturated rings. The number of aliphatic hydroxyl groups is 2. The molecule has 2 aliphatic rings. The van der Waals surface area contributed by atoms with Crippen LogP contribution >= 0.6 is 0 Å². The lowest BCUT2D eigenvalue weighted by Crippen LogP contribution is -2.61. The number of fused-ring (bicyclic) bond motifs is 2. The number of primary amides is 2. The van der Waals surface area contributed by atoms with E-state index in [1.54, 1.807) is 49.5 Å². The molecule has 2 saturated heterocycles. The summed E-state index contributed by atoms with van der Waals surface area (Å²) in [6, 6.07) is -1.13. The van der Waals surface area contributed by atoms with Crippen LogP contribution in [0.25, 0.3) is 10.9 Å². The number of aliphatic imine (C=N–C) groups is 1. The summed E-state index contributed by atoms with van der Waals surface area (Å²) in [5.41, 5.74) is 30.9. The number of hydrogen-bond donors (Lipinski definition) is 21. The number of aliphatic hydroxyl groups excluding tert-OH is 2. The lowest BCUT2D eigenvalue weighted by Gasteiger charge is -2.31. The van der Waals surface area contributed by atoms with Crippen LogP contribution < -0.4 is 92.5 Å². The molecule has 4 heterocycles. The number of carbonyl (C=O) groups excluding carboxylic acids is 15. The number of hydrogen-bond acceptors (Lipinski definition) is 21. The van der Waals surface area contributed by atoms with Gasteiger partial charge in [0.05, 0.1) is 31.6 Å². The Morgan fingerprint density at radius 3 is 1.84 bits per heavy atom. The molecule has 0 unspecified atom stereocenters. The highest BCUT2D eigenvalue weighted by atomic mass is 16.3. The standard InChI is InChI=1S/C86H134N22O17/c1-4-6-8-9-10-11-12-13-14-15-16-17-21-34-72(113)96-50-73(114)107-74(53(3)109)84(124)102-64(37-38-71(88)112)78(118)105-69(45-56-48-93-52-97-56)82(122)101-65(39-40-87)79(119)99-62(30-7-5-2)76(116)103-66-36-35-57(110)49-92-41-25-24-32-61(75(89)115)98-81(121)68(44-55-47-95-60-31-23-22-29-59(55)60)104-77(117)63(33-26-42-94-86(90)91)100-80(120)67(43-54-27-19-18-20-28-54)106-83(123)70-46-58(111)51-108(70)85(66)125/h18-20,22-23,27-29,31,47-48,52-53,58,61-70,74,92,95,109,111H,4-17,21,24-26,30,32-46,49-51,87H2,1-3H3,(H2,88,112)(H2,89,115)(H,93,97)(H,96,113)(H,98,121)(H,99,119)(H,100,120)(H,101,122)(H,102,124)(H,103,116)(H,104,117)(H,105,118)(H,106,123)(H,107,114)(H4,90,91,94)/t53-,58-,61+,62+,63+,64+,65+,66+,67-,68+,69+,70+,74+/m1/s1. The van der Waals surface area contributed by atoms with Gasteiger partial charge in [-0.25, -0.2) is 4.98 Å². The second-order valence-corrected chi connectivity index (χ2v) is 32.4. The van der Waals surface area contributed by atoms with Crippen molar-refractivity contribution < 1.29 is 82.1 Å². The highest BCUT2D eigenvalue weighted by Crippen LogP contribution is 2.24. The van der Waals surface area contributed by atoms with Crippen LogP contribution in [-0.4, -0.2) is 242 Å². The topological polar surface area (TPSA) is 631 Å². The quantitative estimate of drug-likeness (QED) is 0.0146. The third kappa shape index (κ3) is 37.1. The minimum absolute atomic E-state index is 0.00356.